The van der Waals surface area contributed by atoms with Crippen LogP contribution in [0.5, 0.6) is 0 Å². The van der Waals surface area contributed by atoms with E-state index < -0.39 is 21.7 Å². The van der Waals surface area contributed by atoms with Crippen molar-refractivity contribution in [2.75, 3.05) is 18.4 Å². The van der Waals surface area contributed by atoms with Crippen molar-refractivity contribution in [1.82, 2.24) is 9.46 Å². The summed E-state index contributed by atoms with van der Waals surface area (Å²) in [6.45, 7) is 2.48. The van der Waals surface area contributed by atoms with E-state index in [1.807, 2.05) is 0 Å². The Morgan fingerprint density at radius 3 is 2.59 bits per heavy atom. The average Bonchev–Trinajstić information content (AvgIpc) is 3.15. The van der Waals surface area contributed by atoms with Gasteiger partial charge >= 0.3 is 0 Å². The van der Waals surface area contributed by atoms with Crippen molar-refractivity contribution in [2.45, 2.75) is 31.1 Å². The molecule has 0 radical (unpaired) electrons. The summed E-state index contributed by atoms with van der Waals surface area (Å²) < 4.78 is 46.9. The number of hydrogen-bond donors (Lipinski definition) is 1. The maximum atomic E-state index is 14.4. The fraction of sp³-hybridized carbons (Fsp3) is 0.273. The monoisotopic (exact) mass is 477 g/mol. The van der Waals surface area contributed by atoms with Gasteiger partial charge in [0.15, 0.2) is 0 Å². The maximum Gasteiger partial charge on any atom is 0.261 e. The van der Waals surface area contributed by atoms with Crippen molar-refractivity contribution in [3.63, 3.8) is 0 Å². The number of nitrogens with zero attached hydrogens (tertiary/aromatic N) is 2. The van der Waals surface area contributed by atoms with E-state index in [2.05, 4.69) is 10.5 Å². The number of halogens is 2. The van der Waals surface area contributed by atoms with Gasteiger partial charge in [-0.15, -0.1) is 0 Å². The third kappa shape index (κ3) is 4.28. The average molecular weight is 478 g/mol. The Balaban J connectivity index is 1.64. The Labute approximate surface area is 190 Å². The van der Waals surface area contributed by atoms with Crippen molar-refractivity contribution in [2.24, 2.45) is 0 Å². The van der Waals surface area contributed by atoms with Crippen molar-refractivity contribution in [1.29, 1.82) is 0 Å². The highest BCUT2D eigenvalue weighted by atomic mass is 35.5. The number of carbonyl (C=O) groups excluding carboxylic acids is 1. The lowest BCUT2D eigenvalue weighted by molar-refractivity contribution is 0.102. The number of nitrogens with one attached hydrogen (secondary N) is 1. The van der Waals surface area contributed by atoms with Gasteiger partial charge in [0.25, 0.3) is 5.91 Å². The van der Waals surface area contributed by atoms with E-state index in [4.69, 9.17) is 16.1 Å². The maximum absolute atomic E-state index is 14.4. The molecule has 2 aromatic carbocycles. The Bertz CT molecular complexity index is 1250. The highest BCUT2D eigenvalue weighted by Gasteiger charge is 2.28. The summed E-state index contributed by atoms with van der Waals surface area (Å²) in [7, 11) is -3.66. The smallest absolute Gasteiger partial charge is 0.261 e. The lowest BCUT2D eigenvalue weighted by Gasteiger charge is -2.26. The lowest BCUT2D eigenvalue weighted by atomic mass is 10.0. The Hall–Kier alpha value is -2.75. The van der Waals surface area contributed by atoms with E-state index >= 15 is 0 Å². The molecule has 1 amide bonds. The van der Waals surface area contributed by atoms with Crippen LogP contribution in [0.2, 0.25) is 5.02 Å². The van der Waals surface area contributed by atoms with Crippen LogP contribution < -0.4 is 5.32 Å². The number of aryl methyl sites for hydroxylation is 1. The van der Waals surface area contributed by atoms with Crippen molar-refractivity contribution < 1.29 is 22.1 Å². The number of amides is 1. The van der Waals surface area contributed by atoms with Gasteiger partial charge in [-0.3, -0.25) is 4.79 Å². The van der Waals surface area contributed by atoms with Gasteiger partial charge < -0.3 is 9.84 Å². The van der Waals surface area contributed by atoms with Gasteiger partial charge in [-0.1, -0.05) is 35.3 Å². The van der Waals surface area contributed by atoms with Crippen LogP contribution in [0.15, 0.2) is 51.9 Å². The van der Waals surface area contributed by atoms with Gasteiger partial charge in [0, 0.05) is 18.8 Å². The Morgan fingerprint density at radius 1 is 1.16 bits per heavy atom. The fourth-order valence-corrected chi connectivity index (χ4v) is 5.53. The minimum absolute atomic E-state index is 0.0151. The number of benzene rings is 2. The first-order valence-electron chi connectivity index (χ1n) is 10.1. The SMILES string of the molecule is Cc1onc(-c2c(F)cccc2Cl)c1C(=O)Nc1cccc(S(=O)(=O)N2CCCCC2)c1. The van der Waals surface area contributed by atoms with Crippen LogP contribution in [0.1, 0.15) is 35.4 Å². The quantitative estimate of drug-likeness (QED) is 0.566. The molecule has 0 spiro atoms. The minimum atomic E-state index is -3.66. The van der Waals surface area contributed by atoms with Gasteiger partial charge in [0.1, 0.15) is 22.8 Å². The first kappa shape index (κ1) is 22.4. The molecule has 1 aromatic heterocycles. The second kappa shape index (κ2) is 9.01. The molecule has 1 aliphatic heterocycles. The summed E-state index contributed by atoms with van der Waals surface area (Å²) in [5.41, 5.74) is 0.221. The number of sulfonamides is 1. The molecule has 0 bridgehead atoms. The molecule has 3 aromatic rings. The third-order valence-electron chi connectivity index (χ3n) is 5.33. The van der Waals surface area contributed by atoms with E-state index in [-0.39, 0.29) is 38.2 Å². The predicted octanol–water partition coefficient (Wildman–Crippen LogP) is 4.87. The second-order valence-electron chi connectivity index (χ2n) is 7.51. The van der Waals surface area contributed by atoms with E-state index in [9.17, 15) is 17.6 Å². The van der Waals surface area contributed by atoms with Gasteiger partial charge in [-0.2, -0.15) is 4.31 Å². The van der Waals surface area contributed by atoms with Gasteiger partial charge in [0.2, 0.25) is 10.0 Å². The number of rotatable bonds is 5. The highest BCUT2D eigenvalue weighted by Crippen LogP contribution is 2.34. The van der Waals surface area contributed by atoms with Crippen molar-refractivity contribution in [3.05, 3.63) is 64.6 Å². The van der Waals surface area contributed by atoms with Gasteiger partial charge in [-0.05, 0) is 50.1 Å². The molecule has 10 heteroatoms. The molecule has 168 valence electrons. The molecule has 1 fully saturated rings. The molecule has 32 heavy (non-hydrogen) atoms. The zero-order valence-electron chi connectivity index (χ0n) is 17.3. The molecule has 0 aliphatic carbocycles. The molecule has 1 saturated heterocycles. The summed E-state index contributed by atoms with van der Waals surface area (Å²) in [5, 5.41) is 6.57. The molecular weight excluding hydrogens is 457 g/mol. The van der Waals surface area contributed by atoms with Crippen LogP contribution in [-0.4, -0.2) is 36.9 Å². The molecule has 1 aliphatic rings. The summed E-state index contributed by atoms with van der Waals surface area (Å²) in [4.78, 5) is 13.1. The van der Waals surface area contributed by atoms with Crippen LogP contribution in [0, 0.1) is 12.7 Å². The largest absolute Gasteiger partial charge is 0.360 e. The van der Waals surface area contributed by atoms with Crippen molar-refractivity contribution in [3.8, 4) is 11.3 Å². The molecule has 0 atom stereocenters. The molecular formula is C22H21ClFN3O4S. The normalized spacial score (nSPS) is 15.0. The van der Waals surface area contributed by atoms with Crippen LogP contribution in [0.3, 0.4) is 0 Å². The van der Waals surface area contributed by atoms with Gasteiger partial charge in [0.05, 0.1) is 15.5 Å². The molecule has 0 saturated carbocycles. The highest BCUT2D eigenvalue weighted by molar-refractivity contribution is 7.89. The number of aromatic nitrogens is 1. The summed E-state index contributed by atoms with van der Waals surface area (Å²) >= 11 is 6.13. The number of anilines is 1. The van der Waals surface area contributed by atoms with Crippen LogP contribution >= 0.6 is 11.6 Å². The first-order chi connectivity index (χ1) is 15.3. The minimum Gasteiger partial charge on any atom is -0.360 e. The van der Waals surface area contributed by atoms with Crippen LogP contribution in [0.25, 0.3) is 11.3 Å². The first-order valence-corrected chi connectivity index (χ1v) is 11.9. The molecule has 1 N–H and O–H groups in total. The molecule has 7 nitrogen and oxygen atoms in total. The zero-order valence-corrected chi connectivity index (χ0v) is 18.8. The molecule has 4 rings (SSSR count). The summed E-state index contributed by atoms with van der Waals surface area (Å²) in [6, 6.07) is 10.2. The lowest BCUT2D eigenvalue weighted by Crippen LogP contribution is -2.35. The third-order valence-corrected chi connectivity index (χ3v) is 7.54. The van der Waals surface area contributed by atoms with E-state index in [1.54, 1.807) is 12.1 Å². The van der Waals surface area contributed by atoms with Gasteiger partial charge in [-0.25, -0.2) is 12.8 Å². The van der Waals surface area contributed by atoms with E-state index in [0.29, 0.717) is 13.1 Å². The van der Waals surface area contributed by atoms with E-state index in [1.165, 1.54) is 41.6 Å². The fourth-order valence-electron chi connectivity index (χ4n) is 3.72. The second-order valence-corrected chi connectivity index (χ2v) is 9.85. The van der Waals surface area contributed by atoms with Crippen LogP contribution in [-0.2, 0) is 10.0 Å². The van der Waals surface area contributed by atoms with E-state index in [0.717, 1.165) is 19.3 Å². The Morgan fingerprint density at radius 2 is 1.88 bits per heavy atom. The van der Waals surface area contributed by atoms with Crippen molar-refractivity contribution >= 4 is 33.2 Å². The Kier molecular flexibility index (Phi) is 6.32. The number of hydrogen-bond acceptors (Lipinski definition) is 5. The molecule has 0 unspecified atom stereocenters. The topological polar surface area (TPSA) is 92.5 Å². The van der Waals surface area contributed by atoms with Crippen LogP contribution in [0.4, 0.5) is 10.1 Å². The number of piperidine rings is 1. The molecule has 2 heterocycles. The zero-order chi connectivity index (χ0) is 22.9. The summed E-state index contributed by atoms with van der Waals surface area (Å²) in [6.07, 6.45) is 2.65. The summed E-state index contributed by atoms with van der Waals surface area (Å²) in [5.74, 6) is -1.09. The number of carbonyl (C=O) groups is 1. The standard InChI is InChI=1S/C22H21ClFN3O4S/c1-14-19(21(26-31-14)20-17(23)9-6-10-18(20)24)22(28)25-15-7-5-8-16(13-15)32(29,30)27-11-3-2-4-12-27/h5-10,13H,2-4,11-12H2,1H3,(H,25,28). The predicted molar refractivity (Wildman–Crippen MR) is 119 cm³/mol.